The molecule has 0 amide bonds. The summed E-state index contributed by atoms with van der Waals surface area (Å²) in [4.78, 5) is 20.0. The number of methoxy groups -OCH3 is 1. The molecular weight excluding hydrogens is 324 g/mol. The predicted octanol–water partition coefficient (Wildman–Crippen LogP) is 3.51. The largest absolute Gasteiger partial charge is 0.488 e. The van der Waals surface area contributed by atoms with Crippen molar-refractivity contribution in [1.29, 1.82) is 0 Å². The van der Waals surface area contributed by atoms with Gasteiger partial charge in [-0.25, -0.2) is 9.97 Å². The Morgan fingerprint density at radius 1 is 1.38 bits per heavy atom. The van der Waals surface area contributed by atoms with Gasteiger partial charge in [-0.05, 0) is 56.5 Å². The molecule has 0 saturated carbocycles. The van der Waals surface area contributed by atoms with E-state index in [2.05, 4.69) is 34.6 Å². The standard InChI is InChI=1S/C18H20N2O3S/c1-18(2)8-6-13-10-12(4-5-15(13)23-18)14-7-9-19-17(20-14)24-11-16(21)22-3/h4-5,7,9-10H,6,8,11H2,1-3H3. The lowest BCUT2D eigenvalue weighted by Crippen LogP contribution is -2.32. The predicted molar refractivity (Wildman–Crippen MR) is 93.2 cm³/mol. The van der Waals surface area contributed by atoms with Crippen LogP contribution in [0, 0.1) is 0 Å². The second kappa shape index (κ2) is 6.81. The van der Waals surface area contributed by atoms with Crippen molar-refractivity contribution in [2.75, 3.05) is 12.9 Å². The molecule has 126 valence electrons. The van der Waals surface area contributed by atoms with Gasteiger partial charge in [-0.2, -0.15) is 0 Å². The van der Waals surface area contributed by atoms with E-state index in [-0.39, 0.29) is 17.3 Å². The minimum atomic E-state index is -0.289. The van der Waals surface area contributed by atoms with E-state index in [9.17, 15) is 4.79 Å². The Bertz CT molecular complexity index is 762. The lowest BCUT2D eigenvalue weighted by atomic mass is 9.93. The van der Waals surface area contributed by atoms with Crippen LogP contribution in [0.2, 0.25) is 0 Å². The van der Waals surface area contributed by atoms with Gasteiger partial charge in [-0.3, -0.25) is 4.79 Å². The molecule has 0 saturated heterocycles. The fourth-order valence-corrected chi connectivity index (χ4v) is 3.23. The maximum absolute atomic E-state index is 11.2. The monoisotopic (exact) mass is 344 g/mol. The van der Waals surface area contributed by atoms with E-state index < -0.39 is 0 Å². The molecule has 5 nitrogen and oxygen atoms in total. The maximum Gasteiger partial charge on any atom is 0.316 e. The highest BCUT2D eigenvalue weighted by molar-refractivity contribution is 7.99. The van der Waals surface area contributed by atoms with Crippen LogP contribution in [0.5, 0.6) is 5.75 Å². The number of esters is 1. The molecule has 0 atom stereocenters. The van der Waals surface area contributed by atoms with E-state index in [0.717, 1.165) is 29.8 Å². The second-order valence-electron chi connectivity index (χ2n) is 6.27. The summed E-state index contributed by atoms with van der Waals surface area (Å²) in [5, 5.41) is 0.563. The molecule has 1 aliphatic rings. The third kappa shape index (κ3) is 3.87. The summed E-state index contributed by atoms with van der Waals surface area (Å²) < 4.78 is 10.7. The van der Waals surface area contributed by atoms with Gasteiger partial charge in [-0.15, -0.1) is 0 Å². The zero-order valence-electron chi connectivity index (χ0n) is 14.0. The summed E-state index contributed by atoms with van der Waals surface area (Å²) in [6.07, 6.45) is 3.69. The second-order valence-corrected chi connectivity index (χ2v) is 7.22. The Labute approximate surface area is 145 Å². The summed E-state index contributed by atoms with van der Waals surface area (Å²) in [6.45, 7) is 4.22. The Morgan fingerprint density at radius 2 is 2.21 bits per heavy atom. The first kappa shape index (κ1) is 16.8. The number of thioether (sulfide) groups is 1. The van der Waals surface area contributed by atoms with Crippen LogP contribution in [0.1, 0.15) is 25.8 Å². The van der Waals surface area contributed by atoms with Gasteiger partial charge in [0, 0.05) is 11.8 Å². The number of hydrogen-bond donors (Lipinski definition) is 0. The Hall–Kier alpha value is -2.08. The number of hydrogen-bond acceptors (Lipinski definition) is 6. The number of benzene rings is 1. The molecule has 6 heteroatoms. The quantitative estimate of drug-likeness (QED) is 0.480. The molecule has 0 N–H and O–H groups in total. The lowest BCUT2D eigenvalue weighted by molar-refractivity contribution is -0.137. The Kier molecular flexibility index (Phi) is 4.76. The molecule has 3 rings (SSSR count). The molecular formula is C18H20N2O3S. The van der Waals surface area contributed by atoms with Crippen LogP contribution < -0.4 is 4.74 Å². The number of fused-ring (bicyclic) bond motifs is 1. The molecule has 0 fully saturated rings. The average molecular weight is 344 g/mol. The van der Waals surface area contributed by atoms with Crippen molar-refractivity contribution in [2.45, 2.75) is 37.4 Å². The van der Waals surface area contributed by atoms with Crippen molar-refractivity contribution in [3.63, 3.8) is 0 Å². The van der Waals surface area contributed by atoms with Crippen LogP contribution in [-0.2, 0) is 16.0 Å². The molecule has 0 bridgehead atoms. The summed E-state index contributed by atoms with van der Waals surface area (Å²) in [5.41, 5.74) is 2.96. The highest BCUT2D eigenvalue weighted by Gasteiger charge is 2.26. The number of ether oxygens (including phenoxy) is 2. The molecule has 1 aromatic heterocycles. The van der Waals surface area contributed by atoms with Crippen molar-refractivity contribution in [1.82, 2.24) is 9.97 Å². The molecule has 0 radical (unpaired) electrons. The Morgan fingerprint density at radius 3 is 3.00 bits per heavy atom. The molecule has 24 heavy (non-hydrogen) atoms. The van der Waals surface area contributed by atoms with E-state index in [1.54, 1.807) is 6.20 Å². The van der Waals surface area contributed by atoms with E-state index in [1.165, 1.54) is 24.4 Å². The number of aryl methyl sites for hydroxylation is 1. The van der Waals surface area contributed by atoms with Gasteiger partial charge in [0.1, 0.15) is 11.4 Å². The zero-order valence-corrected chi connectivity index (χ0v) is 14.9. The number of rotatable bonds is 4. The number of aromatic nitrogens is 2. The van der Waals surface area contributed by atoms with Crippen LogP contribution in [0.3, 0.4) is 0 Å². The fourth-order valence-electron chi connectivity index (χ4n) is 2.57. The van der Waals surface area contributed by atoms with Gasteiger partial charge in [0.2, 0.25) is 0 Å². The minimum absolute atomic E-state index is 0.110. The van der Waals surface area contributed by atoms with Gasteiger partial charge in [0.05, 0.1) is 18.6 Å². The van der Waals surface area contributed by atoms with E-state index in [0.29, 0.717) is 5.16 Å². The van der Waals surface area contributed by atoms with Crippen molar-refractivity contribution < 1.29 is 14.3 Å². The lowest BCUT2D eigenvalue weighted by Gasteiger charge is -2.32. The summed E-state index contributed by atoms with van der Waals surface area (Å²) in [5.74, 6) is 0.861. The highest BCUT2D eigenvalue weighted by atomic mass is 32.2. The first-order valence-corrected chi connectivity index (χ1v) is 8.80. The highest BCUT2D eigenvalue weighted by Crippen LogP contribution is 2.35. The smallest absolute Gasteiger partial charge is 0.316 e. The van der Waals surface area contributed by atoms with Crippen molar-refractivity contribution in [3.8, 4) is 17.0 Å². The first-order valence-electron chi connectivity index (χ1n) is 7.82. The van der Waals surface area contributed by atoms with Crippen LogP contribution in [0.15, 0.2) is 35.6 Å². The van der Waals surface area contributed by atoms with Crippen molar-refractivity contribution >= 4 is 17.7 Å². The molecule has 2 heterocycles. The first-order chi connectivity index (χ1) is 11.5. The van der Waals surface area contributed by atoms with Crippen LogP contribution >= 0.6 is 11.8 Å². The van der Waals surface area contributed by atoms with Crippen molar-refractivity contribution in [2.24, 2.45) is 0 Å². The van der Waals surface area contributed by atoms with Gasteiger partial charge in [0.15, 0.2) is 5.16 Å². The van der Waals surface area contributed by atoms with E-state index in [1.807, 2.05) is 18.2 Å². The number of carbonyl (C=O) groups excluding carboxylic acids is 1. The molecule has 0 unspecified atom stereocenters. The summed E-state index contributed by atoms with van der Waals surface area (Å²) >= 11 is 1.27. The van der Waals surface area contributed by atoms with Crippen LogP contribution in [-0.4, -0.2) is 34.4 Å². The normalized spacial score (nSPS) is 15.3. The van der Waals surface area contributed by atoms with Gasteiger partial charge in [-0.1, -0.05) is 11.8 Å². The molecule has 1 aliphatic heterocycles. The fraction of sp³-hybridized carbons (Fsp3) is 0.389. The van der Waals surface area contributed by atoms with Gasteiger partial charge in [0.25, 0.3) is 0 Å². The van der Waals surface area contributed by atoms with Crippen LogP contribution in [0.4, 0.5) is 0 Å². The third-order valence-electron chi connectivity index (χ3n) is 3.92. The maximum atomic E-state index is 11.2. The zero-order chi connectivity index (χ0) is 17.2. The summed E-state index contributed by atoms with van der Waals surface area (Å²) in [6, 6.07) is 8.02. The average Bonchev–Trinajstić information content (AvgIpc) is 2.58. The topological polar surface area (TPSA) is 61.3 Å². The molecule has 1 aromatic carbocycles. The van der Waals surface area contributed by atoms with Crippen molar-refractivity contribution in [3.05, 3.63) is 36.0 Å². The summed E-state index contributed by atoms with van der Waals surface area (Å²) in [7, 11) is 1.37. The van der Waals surface area contributed by atoms with Gasteiger partial charge >= 0.3 is 5.97 Å². The minimum Gasteiger partial charge on any atom is -0.488 e. The third-order valence-corrected chi connectivity index (χ3v) is 4.75. The van der Waals surface area contributed by atoms with E-state index in [4.69, 9.17) is 4.74 Å². The molecule has 0 spiro atoms. The SMILES string of the molecule is COC(=O)CSc1nccc(-c2ccc3c(c2)CCC(C)(C)O3)n1. The van der Waals surface area contributed by atoms with Crippen LogP contribution in [0.25, 0.3) is 11.3 Å². The number of carbonyl (C=O) groups is 1. The molecule has 2 aromatic rings. The van der Waals surface area contributed by atoms with E-state index >= 15 is 0 Å². The number of nitrogens with zero attached hydrogens (tertiary/aromatic N) is 2. The van der Waals surface area contributed by atoms with Gasteiger partial charge < -0.3 is 9.47 Å². The molecule has 0 aliphatic carbocycles. The Balaban J connectivity index is 1.81.